The number of hydrogen-bond acceptors (Lipinski definition) is 5. The van der Waals surface area contributed by atoms with Crippen LogP contribution < -0.4 is 5.73 Å². The summed E-state index contributed by atoms with van der Waals surface area (Å²) in [7, 11) is 0. The van der Waals surface area contributed by atoms with Gasteiger partial charge < -0.3 is 10.3 Å². The number of nitrogen functional groups attached to an aromatic ring is 1. The van der Waals surface area contributed by atoms with Crippen LogP contribution in [0.25, 0.3) is 12.2 Å². The Kier molecular flexibility index (Phi) is 3.55. The van der Waals surface area contributed by atoms with Crippen molar-refractivity contribution in [2.24, 2.45) is 0 Å². The van der Waals surface area contributed by atoms with E-state index in [0.29, 0.717) is 11.1 Å². The third-order valence-electron chi connectivity index (χ3n) is 3.00. The van der Waals surface area contributed by atoms with Crippen LogP contribution in [0.4, 0.5) is 5.69 Å². The maximum Gasteiger partial charge on any atom is 0.250 e. The molecule has 1 aliphatic heterocycles. The Morgan fingerprint density at radius 1 is 1.37 bits per heavy atom. The molecule has 0 radical (unpaired) electrons. The summed E-state index contributed by atoms with van der Waals surface area (Å²) in [6.45, 7) is 0. The fourth-order valence-electron chi connectivity index (χ4n) is 2.06. The van der Waals surface area contributed by atoms with E-state index in [2.05, 4.69) is 10.1 Å². The van der Waals surface area contributed by atoms with Gasteiger partial charge in [0.15, 0.2) is 5.82 Å². The molecule has 19 heavy (non-hydrogen) atoms. The predicted octanol–water partition coefficient (Wildman–Crippen LogP) is 3.39. The third-order valence-corrected chi connectivity index (χ3v) is 4.38. The van der Waals surface area contributed by atoms with E-state index in [1.165, 1.54) is 12.2 Å². The third kappa shape index (κ3) is 2.98. The van der Waals surface area contributed by atoms with Gasteiger partial charge in [0.25, 0.3) is 5.89 Å². The monoisotopic (exact) mass is 273 g/mol. The van der Waals surface area contributed by atoms with Crippen molar-refractivity contribution in [1.29, 1.82) is 0 Å². The van der Waals surface area contributed by atoms with Crippen LogP contribution in [0, 0.1) is 0 Å². The second-order valence-corrected chi connectivity index (χ2v) is 5.81. The van der Waals surface area contributed by atoms with Crippen LogP contribution in [-0.2, 0) is 0 Å². The first kappa shape index (κ1) is 12.3. The summed E-state index contributed by atoms with van der Waals surface area (Å²) in [6, 6.07) is 7.67. The maximum atomic E-state index is 5.73. The highest BCUT2D eigenvalue weighted by Crippen LogP contribution is 2.38. The lowest BCUT2D eigenvalue weighted by Gasteiger charge is -1.98. The zero-order valence-corrected chi connectivity index (χ0v) is 11.3. The first-order valence-electron chi connectivity index (χ1n) is 6.30. The summed E-state index contributed by atoms with van der Waals surface area (Å²) < 4.78 is 5.24. The molecule has 2 aromatic rings. The number of aromatic nitrogens is 2. The second-order valence-electron chi connectivity index (χ2n) is 4.50. The summed E-state index contributed by atoms with van der Waals surface area (Å²) in [5, 5.41) is 4.45. The van der Waals surface area contributed by atoms with Crippen molar-refractivity contribution in [1.82, 2.24) is 10.1 Å². The molecular formula is C14H15N3OS. The summed E-state index contributed by atoms with van der Waals surface area (Å²) in [5.41, 5.74) is 7.50. The summed E-state index contributed by atoms with van der Waals surface area (Å²) >= 11 is 1.90. The van der Waals surface area contributed by atoms with Gasteiger partial charge in [0.2, 0.25) is 0 Å². The molecule has 0 bridgehead atoms. The molecule has 4 nitrogen and oxygen atoms in total. The van der Waals surface area contributed by atoms with Gasteiger partial charge in [0, 0.05) is 11.8 Å². The molecule has 0 aliphatic carbocycles. The number of thioether (sulfide) groups is 1. The molecular weight excluding hydrogens is 258 g/mol. The number of anilines is 1. The molecule has 0 spiro atoms. The summed E-state index contributed by atoms with van der Waals surface area (Å²) in [6.07, 6.45) is 6.13. The standard InChI is InChI=1S/C14H15N3OS/c15-11-4-1-3-10(9-11)6-7-13-16-14(17-18-13)12-5-2-8-19-12/h1,3-4,6-7,9,12H,2,5,8,15H2/b7-6+. The van der Waals surface area contributed by atoms with Gasteiger partial charge in [0.1, 0.15) is 0 Å². The van der Waals surface area contributed by atoms with E-state index in [9.17, 15) is 0 Å². The Morgan fingerprint density at radius 2 is 2.32 bits per heavy atom. The zero-order chi connectivity index (χ0) is 13.1. The molecule has 0 amide bonds. The number of benzene rings is 1. The largest absolute Gasteiger partial charge is 0.399 e. The fourth-order valence-corrected chi connectivity index (χ4v) is 3.25. The van der Waals surface area contributed by atoms with Crippen molar-refractivity contribution in [3.05, 3.63) is 41.5 Å². The van der Waals surface area contributed by atoms with Crippen LogP contribution in [0.2, 0.25) is 0 Å². The highest BCUT2D eigenvalue weighted by atomic mass is 32.2. The van der Waals surface area contributed by atoms with Gasteiger partial charge in [-0.15, -0.1) is 0 Å². The molecule has 1 aromatic heterocycles. The fraction of sp³-hybridized carbons (Fsp3) is 0.286. The minimum Gasteiger partial charge on any atom is -0.399 e. The highest BCUT2D eigenvalue weighted by molar-refractivity contribution is 7.99. The van der Waals surface area contributed by atoms with E-state index in [-0.39, 0.29) is 0 Å². The van der Waals surface area contributed by atoms with Crippen LogP contribution in [0.15, 0.2) is 28.8 Å². The molecule has 1 saturated heterocycles. The van der Waals surface area contributed by atoms with Gasteiger partial charge in [-0.05, 0) is 42.4 Å². The van der Waals surface area contributed by atoms with E-state index in [4.69, 9.17) is 10.3 Å². The predicted molar refractivity (Wildman–Crippen MR) is 78.5 cm³/mol. The van der Waals surface area contributed by atoms with Crippen molar-refractivity contribution in [2.75, 3.05) is 11.5 Å². The van der Waals surface area contributed by atoms with E-state index in [1.807, 2.05) is 48.2 Å². The Bertz CT molecular complexity index is 588. The molecule has 1 aliphatic rings. The summed E-state index contributed by atoms with van der Waals surface area (Å²) in [5.74, 6) is 2.55. The molecule has 2 N–H and O–H groups in total. The maximum absolute atomic E-state index is 5.73. The van der Waals surface area contributed by atoms with Gasteiger partial charge >= 0.3 is 0 Å². The van der Waals surface area contributed by atoms with Gasteiger partial charge in [-0.2, -0.15) is 16.7 Å². The average Bonchev–Trinajstić information content (AvgIpc) is 3.07. The first-order valence-corrected chi connectivity index (χ1v) is 7.35. The van der Waals surface area contributed by atoms with Gasteiger partial charge in [0.05, 0.1) is 5.25 Å². The lowest BCUT2D eigenvalue weighted by Crippen LogP contribution is -1.90. The molecule has 1 aromatic carbocycles. The molecule has 1 unspecified atom stereocenters. The van der Waals surface area contributed by atoms with E-state index < -0.39 is 0 Å². The molecule has 98 valence electrons. The van der Waals surface area contributed by atoms with E-state index in [1.54, 1.807) is 0 Å². The summed E-state index contributed by atoms with van der Waals surface area (Å²) in [4.78, 5) is 4.41. The molecule has 2 heterocycles. The molecule has 0 saturated carbocycles. The van der Waals surface area contributed by atoms with Gasteiger partial charge in [-0.3, -0.25) is 0 Å². The van der Waals surface area contributed by atoms with Gasteiger partial charge in [-0.25, -0.2) is 0 Å². The lowest BCUT2D eigenvalue weighted by atomic mass is 10.2. The second kappa shape index (κ2) is 5.48. The van der Waals surface area contributed by atoms with Crippen molar-refractivity contribution < 1.29 is 4.52 Å². The van der Waals surface area contributed by atoms with Crippen molar-refractivity contribution in [3.8, 4) is 0 Å². The average molecular weight is 273 g/mol. The molecule has 1 atom stereocenters. The Labute approximate surface area is 116 Å². The van der Waals surface area contributed by atoms with Crippen molar-refractivity contribution in [3.63, 3.8) is 0 Å². The number of nitrogens with two attached hydrogens (primary N) is 1. The lowest BCUT2D eigenvalue weighted by molar-refractivity contribution is 0.402. The van der Waals surface area contributed by atoms with Crippen LogP contribution in [0.3, 0.4) is 0 Å². The van der Waals surface area contributed by atoms with Crippen molar-refractivity contribution in [2.45, 2.75) is 18.1 Å². The van der Waals surface area contributed by atoms with E-state index in [0.717, 1.165) is 23.5 Å². The Hall–Kier alpha value is -1.75. The van der Waals surface area contributed by atoms with Crippen LogP contribution in [0.1, 0.15) is 35.4 Å². The van der Waals surface area contributed by atoms with E-state index >= 15 is 0 Å². The first-order chi connectivity index (χ1) is 9.31. The van der Waals surface area contributed by atoms with Crippen LogP contribution in [0.5, 0.6) is 0 Å². The number of rotatable bonds is 3. The number of nitrogens with zero attached hydrogens (tertiary/aromatic N) is 2. The van der Waals surface area contributed by atoms with Crippen LogP contribution in [-0.4, -0.2) is 15.9 Å². The minimum absolute atomic E-state index is 0.401. The normalized spacial score (nSPS) is 19.3. The minimum atomic E-state index is 0.401. The smallest absolute Gasteiger partial charge is 0.250 e. The Morgan fingerprint density at radius 3 is 3.11 bits per heavy atom. The molecule has 5 heteroatoms. The zero-order valence-electron chi connectivity index (χ0n) is 10.5. The Balaban J connectivity index is 1.73. The molecule has 3 rings (SSSR count). The van der Waals surface area contributed by atoms with Crippen molar-refractivity contribution >= 4 is 29.6 Å². The quantitative estimate of drug-likeness (QED) is 0.868. The molecule has 1 fully saturated rings. The topological polar surface area (TPSA) is 64.9 Å². The highest BCUT2D eigenvalue weighted by Gasteiger charge is 2.22. The SMILES string of the molecule is Nc1cccc(/C=C/c2nc(C3CCCS3)no2)c1. The van der Waals surface area contributed by atoms with Gasteiger partial charge in [-0.1, -0.05) is 17.3 Å². The number of hydrogen-bond donors (Lipinski definition) is 1. The van der Waals surface area contributed by atoms with Crippen LogP contribution >= 0.6 is 11.8 Å².